The van der Waals surface area contributed by atoms with Crippen LogP contribution >= 0.6 is 0 Å². The van der Waals surface area contributed by atoms with Crippen molar-refractivity contribution in [2.24, 2.45) is 5.41 Å². The average molecular weight is 360 g/mol. The molecular formula is C19H20O7. The Morgan fingerprint density at radius 3 is 2.69 bits per heavy atom. The molecule has 3 aliphatic rings. The molecule has 138 valence electrons. The lowest BCUT2D eigenvalue weighted by molar-refractivity contribution is -0.201. The van der Waals surface area contributed by atoms with E-state index in [1.54, 1.807) is 6.08 Å². The van der Waals surface area contributed by atoms with Gasteiger partial charge in [-0.25, -0.2) is 4.79 Å². The van der Waals surface area contributed by atoms with Crippen LogP contribution in [0.4, 0.5) is 0 Å². The minimum absolute atomic E-state index is 0.237. The Labute approximate surface area is 150 Å². The maximum Gasteiger partial charge on any atom is 0.346 e. The first-order valence-corrected chi connectivity index (χ1v) is 8.32. The molecule has 2 heterocycles. The Bertz CT molecular complexity index is 727. The molecule has 0 saturated carbocycles. The number of hydrogen-bond acceptors (Lipinski definition) is 7. The number of methoxy groups -OCH3 is 1. The summed E-state index contributed by atoms with van der Waals surface area (Å²) in [7, 11) is 1.19. The third kappa shape index (κ3) is 3.22. The maximum atomic E-state index is 12.8. The molecule has 1 aromatic rings. The molecule has 0 unspecified atom stereocenters. The van der Waals surface area contributed by atoms with Crippen molar-refractivity contribution in [3.63, 3.8) is 0 Å². The number of fused-ring (bicyclic) bond motifs is 2. The summed E-state index contributed by atoms with van der Waals surface area (Å²) in [6.45, 7) is 1.62. The van der Waals surface area contributed by atoms with Gasteiger partial charge in [-0.05, 0) is 18.6 Å². The number of carbonyl (C=O) groups is 3. The normalized spacial score (nSPS) is 27.5. The molecule has 1 aromatic carbocycles. The topological polar surface area (TPSA) is 88.1 Å². The Hall–Kier alpha value is -2.67. The fourth-order valence-corrected chi connectivity index (χ4v) is 3.09. The zero-order valence-electron chi connectivity index (χ0n) is 14.5. The lowest BCUT2D eigenvalue weighted by atomic mass is 9.73. The SMILES string of the molecule is COC(=O)[C@@H](C)OC(=O)[C@]12C=C[C@H](C[C@H]1OCc1ccccc1)OC2=O. The van der Waals surface area contributed by atoms with Gasteiger partial charge in [-0.15, -0.1) is 0 Å². The quantitative estimate of drug-likeness (QED) is 0.329. The van der Waals surface area contributed by atoms with Crippen LogP contribution in [0.2, 0.25) is 0 Å². The van der Waals surface area contributed by atoms with Crippen molar-refractivity contribution in [2.45, 2.75) is 38.3 Å². The number of esters is 3. The summed E-state index contributed by atoms with van der Waals surface area (Å²) in [5.41, 5.74) is -0.802. The largest absolute Gasteiger partial charge is 0.466 e. The van der Waals surface area contributed by atoms with Crippen molar-refractivity contribution in [3.05, 3.63) is 48.0 Å². The predicted molar refractivity (Wildman–Crippen MR) is 88.7 cm³/mol. The van der Waals surface area contributed by atoms with Gasteiger partial charge >= 0.3 is 17.9 Å². The lowest BCUT2D eigenvalue weighted by Crippen LogP contribution is -2.59. The van der Waals surface area contributed by atoms with E-state index in [1.165, 1.54) is 20.1 Å². The molecule has 0 aromatic heterocycles. The molecule has 7 nitrogen and oxygen atoms in total. The summed E-state index contributed by atoms with van der Waals surface area (Å²) < 4.78 is 20.9. The van der Waals surface area contributed by atoms with E-state index in [9.17, 15) is 14.4 Å². The molecule has 1 fully saturated rings. The van der Waals surface area contributed by atoms with Crippen LogP contribution in [0.5, 0.6) is 0 Å². The van der Waals surface area contributed by atoms with Gasteiger partial charge in [0.25, 0.3) is 0 Å². The van der Waals surface area contributed by atoms with E-state index in [-0.39, 0.29) is 6.61 Å². The number of carbonyl (C=O) groups excluding carboxylic acids is 3. The first-order chi connectivity index (χ1) is 12.5. The summed E-state index contributed by atoms with van der Waals surface area (Å²) >= 11 is 0. The molecule has 0 N–H and O–H groups in total. The molecule has 0 spiro atoms. The molecule has 4 atom stereocenters. The lowest BCUT2D eigenvalue weighted by Gasteiger charge is -2.43. The monoisotopic (exact) mass is 360 g/mol. The molecule has 26 heavy (non-hydrogen) atoms. The van der Waals surface area contributed by atoms with Crippen LogP contribution in [0.25, 0.3) is 0 Å². The third-order valence-electron chi connectivity index (χ3n) is 4.57. The highest BCUT2D eigenvalue weighted by molar-refractivity contribution is 6.05. The highest BCUT2D eigenvalue weighted by atomic mass is 16.6. The summed E-state index contributed by atoms with van der Waals surface area (Å²) in [4.78, 5) is 36.8. The van der Waals surface area contributed by atoms with Gasteiger partial charge in [0, 0.05) is 6.42 Å². The molecule has 1 aliphatic carbocycles. The van der Waals surface area contributed by atoms with E-state index in [4.69, 9.17) is 14.2 Å². The van der Waals surface area contributed by atoms with Crippen LogP contribution in [0.1, 0.15) is 18.9 Å². The minimum atomic E-state index is -1.72. The maximum absolute atomic E-state index is 12.8. The number of hydrogen-bond donors (Lipinski definition) is 0. The summed E-state index contributed by atoms with van der Waals surface area (Å²) in [5.74, 6) is -2.32. The molecular weight excluding hydrogens is 340 g/mol. The van der Waals surface area contributed by atoms with Gasteiger partial charge in [0.05, 0.1) is 19.8 Å². The van der Waals surface area contributed by atoms with Crippen LogP contribution in [0.3, 0.4) is 0 Å². The van der Waals surface area contributed by atoms with Crippen LogP contribution in [0.15, 0.2) is 42.5 Å². The molecule has 2 aliphatic heterocycles. The van der Waals surface area contributed by atoms with Gasteiger partial charge in [-0.3, -0.25) is 9.59 Å². The first-order valence-electron chi connectivity index (χ1n) is 8.32. The summed E-state index contributed by atoms with van der Waals surface area (Å²) in [6.07, 6.45) is 1.14. The highest BCUT2D eigenvalue weighted by Gasteiger charge is 2.60. The Morgan fingerprint density at radius 2 is 2.04 bits per heavy atom. The van der Waals surface area contributed by atoms with Crippen molar-refractivity contribution in [1.82, 2.24) is 0 Å². The molecule has 0 radical (unpaired) electrons. The summed E-state index contributed by atoms with van der Waals surface area (Å²) in [6, 6.07) is 9.42. The molecule has 2 bridgehead atoms. The van der Waals surface area contributed by atoms with Gasteiger partial charge < -0.3 is 18.9 Å². The molecule has 7 heteroatoms. The second-order valence-corrected chi connectivity index (χ2v) is 6.26. The van der Waals surface area contributed by atoms with Crippen molar-refractivity contribution in [3.8, 4) is 0 Å². The second-order valence-electron chi connectivity index (χ2n) is 6.26. The minimum Gasteiger partial charge on any atom is -0.466 e. The predicted octanol–water partition coefficient (Wildman–Crippen LogP) is 1.55. The van der Waals surface area contributed by atoms with Crippen LogP contribution in [-0.4, -0.2) is 43.3 Å². The molecule has 1 saturated heterocycles. The Balaban J connectivity index is 1.80. The Kier molecular flexibility index (Phi) is 5.08. The van der Waals surface area contributed by atoms with E-state index >= 15 is 0 Å². The van der Waals surface area contributed by atoms with Gasteiger partial charge in [0.15, 0.2) is 6.10 Å². The summed E-state index contributed by atoms with van der Waals surface area (Å²) in [5, 5.41) is 0. The van der Waals surface area contributed by atoms with Crippen molar-refractivity contribution >= 4 is 17.9 Å². The van der Waals surface area contributed by atoms with Crippen LogP contribution in [-0.2, 0) is 39.9 Å². The van der Waals surface area contributed by atoms with E-state index in [0.717, 1.165) is 5.56 Å². The Morgan fingerprint density at radius 1 is 1.31 bits per heavy atom. The standard InChI is InChI=1S/C19H20O7/c1-12(16(20)23-2)25-17(21)19-9-8-14(26-18(19)22)10-15(19)24-11-13-6-4-3-5-7-13/h3-9,12,14-15H,10-11H2,1-2H3/t12-,14-,15-,19+/m1/s1. The van der Waals surface area contributed by atoms with Gasteiger partial charge in [-0.1, -0.05) is 36.4 Å². The van der Waals surface area contributed by atoms with Crippen molar-refractivity contribution in [2.75, 3.05) is 7.11 Å². The number of ether oxygens (including phenoxy) is 4. The number of rotatable bonds is 6. The molecule has 0 amide bonds. The van der Waals surface area contributed by atoms with E-state index in [0.29, 0.717) is 6.42 Å². The van der Waals surface area contributed by atoms with Gasteiger partial charge in [0.1, 0.15) is 6.10 Å². The highest BCUT2D eigenvalue weighted by Crippen LogP contribution is 2.43. The van der Waals surface area contributed by atoms with Crippen molar-refractivity contribution in [1.29, 1.82) is 0 Å². The van der Waals surface area contributed by atoms with E-state index in [1.807, 2.05) is 30.3 Å². The zero-order valence-corrected chi connectivity index (χ0v) is 14.5. The molecule has 4 rings (SSSR count). The zero-order chi connectivity index (χ0) is 18.7. The van der Waals surface area contributed by atoms with E-state index in [2.05, 4.69) is 4.74 Å². The average Bonchev–Trinajstić information content (AvgIpc) is 2.66. The van der Waals surface area contributed by atoms with E-state index < -0.39 is 41.6 Å². The van der Waals surface area contributed by atoms with Crippen molar-refractivity contribution < 1.29 is 33.3 Å². The van der Waals surface area contributed by atoms with Gasteiger partial charge in [-0.2, -0.15) is 0 Å². The first kappa shape index (κ1) is 18.1. The van der Waals surface area contributed by atoms with Crippen LogP contribution < -0.4 is 0 Å². The van der Waals surface area contributed by atoms with Crippen LogP contribution in [0, 0.1) is 5.41 Å². The van der Waals surface area contributed by atoms with Gasteiger partial charge in [0.2, 0.25) is 5.41 Å². The third-order valence-corrected chi connectivity index (χ3v) is 4.57. The fourth-order valence-electron chi connectivity index (χ4n) is 3.09. The second kappa shape index (κ2) is 7.29. The smallest absolute Gasteiger partial charge is 0.346 e. The fraction of sp³-hybridized carbons (Fsp3) is 0.421. The number of benzene rings is 1.